The number of nitrogens with zero attached hydrogens (tertiary/aromatic N) is 16. The second-order valence-corrected chi connectivity index (χ2v) is 38.1. The first-order chi connectivity index (χ1) is 66.1. The molecule has 22 heteroatoms. The molecule has 3 unspecified atom stereocenters. The number of β-amino-alcohol motifs (C(OH)–C–C–N with tert-alkyl or cyclic N) is 2. The summed E-state index contributed by atoms with van der Waals surface area (Å²) in [5.74, 6) is 3.26. The number of pyridine rings is 9. The molecule has 7 fully saturated rings. The Hall–Kier alpha value is -8.33. The topological polar surface area (TPSA) is 239 Å². The highest BCUT2D eigenvalue weighted by Gasteiger charge is 2.37. The van der Waals surface area contributed by atoms with E-state index in [0.717, 1.165) is 192 Å². The Bertz CT molecular complexity index is 4270. The van der Waals surface area contributed by atoms with Crippen LogP contribution in [0.25, 0.3) is 11.3 Å². The largest absolute Gasteiger partial charge is 0.400 e. The summed E-state index contributed by atoms with van der Waals surface area (Å²) in [6, 6.07) is 52.7. The number of hydroxylamine groups is 3. The number of rotatable bonds is 32. The van der Waals surface area contributed by atoms with E-state index >= 15 is 0 Å². The third kappa shape index (κ3) is 50.3. The van der Waals surface area contributed by atoms with Gasteiger partial charge in [0.15, 0.2) is 12.4 Å². The maximum Gasteiger partial charge on any atom is 0.237 e. The van der Waals surface area contributed by atoms with Gasteiger partial charge in [-0.15, -0.1) is 0 Å². The van der Waals surface area contributed by atoms with Gasteiger partial charge in [0.2, 0.25) is 11.9 Å². The van der Waals surface area contributed by atoms with Crippen molar-refractivity contribution >= 4 is 0 Å². The molecule has 16 rings (SSSR count). The van der Waals surface area contributed by atoms with Crippen molar-refractivity contribution in [3.8, 4) is 11.3 Å². The third-order valence-corrected chi connectivity index (χ3v) is 28.0. The van der Waals surface area contributed by atoms with Gasteiger partial charge < -0.3 is 49.8 Å². The first-order valence-corrected chi connectivity index (χ1v) is 52.6. The van der Waals surface area contributed by atoms with Crippen molar-refractivity contribution in [1.82, 2.24) is 64.3 Å². The van der Waals surface area contributed by atoms with Crippen LogP contribution in [0.4, 0.5) is 0 Å². The zero-order valence-corrected chi connectivity index (χ0v) is 84.6. The lowest BCUT2D eigenvalue weighted by Gasteiger charge is -2.37. The molecular formula is C121H209N16O6+3. The molecule has 143 heavy (non-hydrogen) atoms. The number of hydrogen-bond acceptors (Lipinski definition) is 19. The molecule has 0 amide bonds. The molecule has 0 saturated carbocycles. The molecule has 9 aromatic rings. The number of quaternary nitrogens is 1. The molecule has 7 saturated heterocycles. The summed E-state index contributed by atoms with van der Waals surface area (Å²) in [5.41, 5.74) is 9.42. The molecule has 9 aromatic heterocycles. The first kappa shape index (κ1) is 135. The van der Waals surface area contributed by atoms with Crippen LogP contribution in [0, 0.1) is 0 Å². The lowest BCUT2D eigenvalue weighted by Crippen LogP contribution is -2.50. The van der Waals surface area contributed by atoms with Crippen LogP contribution in [0.5, 0.6) is 0 Å². The molecular weight excluding hydrogens is 1770 g/mol. The summed E-state index contributed by atoms with van der Waals surface area (Å²) in [7, 11) is 1.00. The van der Waals surface area contributed by atoms with Gasteiger partial charge in [-0.05, 0) is 298 Å². The minimum absolute atomic E-state index is 0. The maximum absolute atomic E-state index is 10.6. The molecule has 7 aliphatic heterocycles. The number of unbranched alkanes of at least 4 members (excludes halogenated alkanes) is 7. The van der Waals surface area contributed by atoms with Gasteiger partial charge in [-0.2, -0.15) is 4.65 Å². The normalized spacial score (nSPS) is 19.0. The van der Waals surface area contributed by atoms with E-state index in [1.54, 1.807) is 12.4 Å². The average Bonchev–Trinajstić information content (AvgIpc) is 0.809. The second kappa shape index (κ2) is 79.8. The summed E-state index contributed by atoms with van der Waals surface area (Å²) >= 11 is 0. The lowest BCUT2D eigenvalue weighted by molar-refractivity contribution is -1.10. The molecule has 16 heterocycles. The van der Waals surface area contributed by atoms with Crippen molar-refractivity contribution in [2.45, 2.75) is 354 Å². The van der Waals surface area contributed by atoms with Crippen LogP contribution in [0.1, 0.15) is 370 Å². The second-order valence-electron chi connectivity index (χ2n) is 38.1. The quantitative estimate of drug-likeness (QED) is 0.0130. The van der Waals surface area contributed by atoms with Gasteiger partial charge in [0.1, 0.15) is 31.8 Å². The zero-order chi connectivity index (χ0) is 96.2. The van der Waals surface area contributed by atoms with Crippen molar-refractivity contribution < 1.29 is 44.8 Å². The van der Waals surface area contributed by atoms with Crippen molar-refractivity contribution in [3.05, 3.63) is 260 Å². The van der Waals surface area contributed by atoms with E-state index in [4.69, 9.17) is 5.11 Å². The predicted octanol–water partition coefficient (Wildman–Crippen LogP) is 25.0. The van der Waals surface area contributed by atoms with Crippen molar-refractivity contribution in [2.24, 2.45) is 0 Å². The standard InChI is InChI=1S/C14H22N2O.C14H23N2O.C14H22N2O.C14H23N2O.C14H22N2O.2C14H22N2.C14H17N2.CH4O.8CH4/c1-2-13(17)11-16-9-6-12(7-10-16)14-5-3-4-8-15-14;1-2-3-10-16(17)11-7-13(8-12-16)14-6-4-5-9-15-14;1-2-3-10-16-11-7-14(17,8-12-16)13-6-4-5-9-15-13;1-2-3-9-15-11-7-13(8-12-15)14-6-4-5-10-16(14)17;1-2-3-9-16-10-7-12(14(17)11-16)13-6-4-5-8-15-13;3*1-2-3-10-16-11-7-13(8-12-16)14-6-4-5-9-15-14;1-2;;;;;;;;/h3-5,8,12-13,17H,2,6-7,9-11H2,1H3;4-6,9,13,17H,2-3,7-8,10-12H2,1H3;4-6,9,17H,2-3,7-8,10-12H2,1H3;4-6,10,13,17H,2-3,7-9,11-12H2,1H3;4-6,8,12,14,17H,2-3,7,9-11H2,1H3;2*4-6,9,13H,2-3,7-8,10-12H2,1H3;4-9,11-12H,2-3,10H2,1H3;2H,1H3;8*1H4/q;+1;;+1;;;;+1;;;;;;;;;. The maximum atomic E-state index is 10.6. The number of piperidine rings is 7. The van der Waals surface area contributed by atoms with Crippen LogP contribution in [-0.2, 0) is 12.1 Å². The van der Waals surface area contributed by atoms with Gasteiger partial charge in [0.25, 0.3) is 0 Å². The van der Waals surface area contributed by atoms with Crippen LogP contribution < -0.4 is 9.30 Å². The monoisotopic (exact) mass is 1980 g/mol. The molecule has 3 atom stereocenters. The highest BCUT2D eigenvalue weighted by molar-refractivity contribution is 5.57. The van der Waals surface area contributed by atoms with E-state index in [1.807, 2.05) is 141 Å². The molecule has 806 valence electrons. The van der Waals surface area contributed by atoms with E-state index in [0.29, 0.717) is 29.6 Å². The van der Waals surface area contributed by atoms with Gasteiger partial charge in [0.05, 0.1) is 29.5 Å². The summed E-state index contributed by atoms with van der Waals surface area (Å²) in [6.45, 7) is 41.6. The van der Waals surface area contributed by atoms with E-state index < -0.39 is 5.60 Å². The summed E-state index contributed by atoms with van der Waals surface area (Å²) in [6.07, 6.45) is 51.4. The fourth-order valence-electron chi connectivity index (χ4n) is 19.2. The van der Waals surface area contributed by atoms with Crippen LogP contribution in [0.15, 0.2) is 220 Å². The highest BCUT2D eigenvalue weighted by atomic mass is 16.5. The summed E-state index contributed by atoms with van der Waals surface area (Å²) in [5, 5.41) is 57.6. The average molecular weight is 1980 g/mol. The Kier molecular flexibility index (Phi) is 75.2. The molecule has 22 nitrogen and oxygen atoms in total. The number of aliphatic hydroxyl groups excluding tert-OH is 3. The van der Waals surface area contributed by atoms with Gasteiger partial charge in [-0.1, -0.05) is 202 Å². The number of likely N-dealkylation sites (tertiary alicyclic amines) is 7. The van der Waals surface area contributed by atoms with Gasteiger partial charge in [-0.25, -0.2) is 9.77 Å². The highest BCUT2D eigenvalue weighted by Crippen LogP contribution is 2.35. The SMILES string of the molecule is C.C.C.C.C.C.C.C.CCC(O)CN1CCC(c2ccccn2)CC1.CCCCN1CCC(O)(c2ccccn2)CC1.CCCCN1CCC(c2cccc[n+]2O)CC1.CCCCN1CCC(c2ccccn2)C(O)C1.CCCCN1CCC(c2ccccn2)CC1.CCCCN1CCC(c2ccccn2)CC1.CCCC[N+]1(O)CCC(c2ccccn2)CC1.CCCC[n+]1ccc(-c2ccccn2)cc1.CO. The Balaban J connectivity index is 0.00000159. The fraction of sp³-hybridized carbons (Fsp3) is 0.628. The van der Waals surface area contributed by atoms with Crippen molar-refractivity contribution in [3.63, 3.8) is 0 Å². The third-order valence-electron chi connectivity index (χ3n) is 28.0. The van der Waals surface area contributed by atoms with Crippen molar-refractivity contribution in [2.75, 3.05) is 145 Å². The Morgan fingerprint density at radius 3 is 1.06 bits per heavy atom. The number of hydrogen-bond donors (Lipinski definition) is 6. The van der Waals surface area contributed by atoms with Crippen molar-refractivity contribution in [1.29, 1.82) is 0 Å². The summed E-state index contributed by atoms with van der Waals surface area (Å²) < 4.78 is 3.78. The van der Waals surface area contributed by atoms with E-state index in [9.17, 15) is 25.7 Å². The fourth-order valence-corrected chi connectivity index (χ4v) is 19.2. The van der Waals surface area contributed by atoms with E-state index in [2.05, 4.69) is 190 Å². The van der Waals surface area contributed by atoms with E-state index in [-0.39, 0.29) is 82.2 Å². The molecule has 0 aliphatic carbocycles. The minimum atomic E-state index is -0.704. The predicted molar refractivity (Wildman–Crippen MR) is 603 cm³/mol. The Morgan fingerprint density at radius 1 is 0.364 bits per heavy atom. The first-order valence-electron chi connectivity index (χ1n) is 52.6. The van der Waals surface area contributed by atoms with Gasteiger partial charge >= 0.3 is 0 Å². The molecule has 0 spiro atoms. The van der Waals surface area contributed by atoms with Crippen LogP contribution in [-0.4, -0.2) is 257 Å². The van der Waals surface area contributed by atoms with Gasteiger partial charge in [-0.3, -0.25) is 40.1 Å². The lowest BCUT2D eigenvalue weighted by atomic mass is 9.87. The van der Waals surface area contributed by atoms with Crippen LogP contribution >= 0.6 is 0 Å². The smallest absolute Gasteiger partial charge is 0.237 e. The number of aliphatic hydroxyl groups is 4. The molecule has 6 N–H and O–H groups in total. The molecule has 0 aromatic carbocycles. The van der Waals surface area contributed by atoms with E-state index in [1.165, 1.54) is 195 Å². The minimum Gasteiger partial charge on any atom is -0.400 e. The van der Waals surface area contributed by atoms with Crippen LogP contribution in [0.2, 0.25) is 0 Å². The zero-order valence-electron chi connectivity index (χ0n) is 84.6. The summed E-state index contributed by atoms with van der Waals surface area (Å²) in [4.78, 5) is 45.7. The molecule has 7 aliphatic rings. The Labute approximate surface area is 873 Å². The van der Waals surface area contributed by atoms with Gasteiger partial charge in [0, 0.05) is 189 Å². The van der Waals surface area contributed by atoms with Crippen LogP contribution in [0.3, 0.4) is 0 Å². The number of aromatic nitrogens is 9. The Morgan fingerprint density at radius 2 is 0.706 bits per heavy atom. The number of aryl methyl sites for hydroxylation is 1. The molecule has 0 radical (unpaired) electrons. The molecule has 0 bridgehead atoms.